The zero-order valence-electron chi connectivity index (χ0n) is 28.4. The summed E-state index contributed by atoms with van der Waals surface area (Å²) in [6.45, 7) is 0. The van der Waals surface area contributed by atoms with E-state index < -0.39 is 0 Å². The molecule has 10 rings (SSSR count). The van der Waals surface area contributed by atoms with Crippen LogP contribution < -0.4 is 0 Å². The average Bonchev–Trinajstić information content (AvgIpc) is 3.23. The van der Waals surface area contributed by atoms with Crippen molar-refractivity contribution in [3.8, 4) is 56.2 Å². The monoisotopic (exact) mass is 660 g/mol. The maximum Gasteiger partial charge on any atom is 0.160 e. The molecule has 0 fully saturated rings. The largest absolute Gasteiger partial charge is 0.228 e. The molecule has 0 spiro atoms. The normalized spacial score (nSPS) is 11.5. The predicted molar refractivity (Wildman–Crippen MR) is 219 cm³/mol. The van der Waals surface area contributed by atoms with Gasteiger partial charge in [0.15, 0.2) is 5.82 Å². The molecule has 0 radical (unpaired) electrons. The smallest absolute Gasteiger partial charge is 0.160 e. The van der Waals surface area contributed by atoms with Gasteiger partial charge in [-0.1, -0.05) is 182 Å². The Morgan fingerprint density at radius 2 is 0.808 bits per heavy atom. The van der Waals surface area contributed by atoms with Gasteiger partial charge < -0.3 is 0 Å². The van der Waals surface area contributed by atoms with Crippen molar-refractivity contribution in [2.75, 3.05) is 0 Å². The van der Waals surface area contributed by atoms with Crippen molar-refractivity contribution in [2.45, 2.75) is 0 Å². The van der Waals surface area contributed by atoms with Gasteiger partial charge in [-0.3, -0.25) is 0 Å². The Hall–Kier alpha value is -6.90. The first-order chi connectivity index (χ1) is 25.8. The first-order valence-corrected chi connectivity index (χ1v) is 17.8. The molecule has 0 unspecified atom stereocenters. The maximum atomic E-state index is 5.28. The highest BCUT2D eigenvalue weighted by Crippen LogP contribution is 2.44. The number of hydrogen-bond donors (Lipinski definition) is 0. The van der Waals surface area contributed by atoms with Crippen LogP contribution in [0.5, 0.6) is 0 Å². The molecule has 242 valence electrons. The van der Waals surface area contributed by atoms with Gasteiger partial charge >= 0.3 is 0 Å². The molecule has 1 heterocycles. The minimum absolute atomic E-state index is 0.705. The SMILES string of the molecule is c1ccc(-c2nc(-c3ccccc3-c3ccccc3)cc(-c3ccc(-c4c5ccccc5cc5c4ccc4ccccc45)c4ccccc34)n2)cc1. The summed E-state index contributed by atoms with van der Waals surface area (Å²) in [6, 6.07) is 69.3. The summed E-state index contributed by atoms with van der Waals surface area (Å²) in [4.78, 5) is 10.5. The molecule has 0 aliphatic heterocycles. The molecule has 0 atom stereocenters. The fourth-order valence-electron chi connectivity index (χ4n) is 7.87. The highest BCUT2D eigenvalue weighted by Gasteiger charge is 2.19. The lowest BCUT2D eigenvalue weighted by Crippen LogP contribution is -1.98. The van der Waals surface area contributed by atoms with Crippen molar-refractivity contribution < 1.29 is 0 Å². The Morgan fingerprint density at radius 1 is 0.269 bits per heavy atom. The molecule has 0 saturated carbocycles. The summed E-state index contributed by atoms with van der Waals surface area (Å²) in [5.74, 6) is 0.705. The predicted octanol–water partition coefficient (Wildman–Crippen LogP) is 13.4. The second-order valence-electron chi connectivity index (χ2n) is 13.3. The van der Waals surface area contributed by atoms with Crippen LogP contribution in [0, 0.1) is 0 Å². The molecule has 9 aromatic carbocycles. The Labute approximate surface area is 302 Å². The average molecular weight is 661 g/mol. The minimum Gasteiger partial charge on any atom is -0.228 e. The molecule has 0 N–H and O–H groups in total. The van der Waals surface area contributed by atoms with Gasteiger partial charge in [-0.05, 0) is 77.5 Å². The number of fused-ring (bicyclic) bond motifs is 5. The number of rotatable bonds is 5. The van der Waals surface area contributed by atoms with Crippen molar-refractivity contribution >= 4 is 43.1 Å². The molecule has 0 amide bonds. The highest BCUT2D eigenvalue weighted by molar-refractivity contribution is 6.23. The third-order valence-corrected chi connectivity index (χ3v) is 10.3. The van der Waals surface area contributed by atoms with Crippen LogP contribution in [0.4, 0.5) is 0 Å². The quantitative estimate of drug-likeness (QED) is 0.136. The highest BCUT2D eigenvalue weighted by atomic mass is 14.9. The van der Waals surface area contributed by atoms with Crippen LogP contribution in [0.1, 0.15) is 0 Å². The van der Waals surface area contributed by atoms with E-state index in [-0.39, 0.29) is 0 Å². The minimum atomic E-state index is 0.705. The first kappa shape index (κ1) is 30.0. The van der Waals surface area contributed by atoms with E-state index in [9.17, 15) is 0 Å². The number of aromatic nitrogens is 2. The van der Waals surface area contributed by atoms with Gasteiger partial charge in [0.05, 0.1) is 11.4 Å². The van der Waals surface area contributed by atoms with E-state index in [0.717, 1.165) is 44.6 Å². The summed E-state index contributed by atoms with van der Waals surface area (Å²) in [5, 5.41) is 9.87. The molecular weight excluding hydrogens is 629 g/mol. The van der Waals surface area contributed by atoms with E-state index in [4.69, 9.17) is 9.97 Å². The van der Waals surface area contributed by atoms with Gasteiger partial charge in [0, 0.05) is 16.7 Å². The Balaban J connectivity index is 1.24. The Kier molecular flexibility index (Phi) is 7.18. The van der Waals surface area contributed by atoms with Crippen LogP contribution in [0.25, 0.3) is 99.2 Å². The van der Waals surface area contributed by atoms with Gasteiger partial charge in [-0.15, -0.1) is 0 Å². The summed E-state index contributed by atoms with van der Waals surface area (Å²) in [7, 11) is 0. The van der Waals surface area contributed by atoms with Gasteiger partial charge in [-0.2, -0.15) is 0 Å². The summed E-state index contributed by atoms with van der Waals surface area (Å²) in [5.41, 5.74) is 9.68. The molecule has 52 heavy (non-hydrogen) atoms. The molecule has 10 aromatic rings. The molecule has 0 bridgehead atoms. The van der Waals surface area contributed by atoms with Crippen LogP contribution in [-0.4, -0.2) is 9.97 Å². The second-order valence-corrected chi connectivity index (χ2v) is 13.3. The second kappa shape index (κ2) is 12.5. The molecule has 0 aliphatic carbocycles. The fourth-order valence-corrected chi connectivity index (χ4v) is 7.87. The van der Waals surface area contributed by atoms with E-state index in [1.807, 2.05) is 18.2 Å². The fraction of sp³-hybridized carbons (Fsp3) is 0. The van der Waals surface area contributed by atoms with Crippen LogP contribution in [0.2, 0.25) is 0 Å². The third-order valence-electron chi connectivity index (χ3n) is 10.3. The lowest BCUT2D eigenvalue weighted by molar-refractivity contribution is 1.19. The van der Waals surface area contributed by atoms with Crippen molar-refractivity contribution in [1.82, 2.24) is 9.97 Å². The van der Waals surface area contributed by atoms with Crippen molar-refractivity contribution in [3.63, 3.8) is 0 Å². The van der Waals surface area contributed by atoms with Gasteiger partial charge in [-0.25, -0.2) is 9.97 Å². The maximum absolute atomic E-state index is 5.28. The van der Waals surface area contributed by atoms with Gasteiger partial charge in [0.1, 0.15) is 0 Å². The van der Waals surface area contributed by atoms with E-state index in [1.54, 1.807) is 0 Å². The molecule has 0 aliphatic rings. The van der Waals surface area contributed by atoms with E-state index in [0.29, 0.717) is 5.82 Å². The standard InChI is InChI=1S/C50H32N2/c1-3-15-33(16-4-1)37-21-11-14-26-42(37)47-32-48(52-50(51-47)35-18-5-2-6-19-35)43-29-30-44(41-25-13-12-24-40(41)43)49-39-23-10-8-20-36(39)31-46-38-22-9-7-17-34(38)27-28-45(46)49/h1-32H. The lowest BCUT2D eigenvalue weighted by atomic mass is 9.86. The van der Waals surface area contributed by atoms with E-state index >= 15 is 0 Å². The van der Waals surface area contributed by atoms with Crippen molar-refractivity contribution in [3.05, 3.63) is 194 Å². The first-order valence-electron chi connectivity index (χ1n) is 17.8. The summed E-state index contributed by atoms with van der Waals surface area (Å²) >= 11 is 0. The van der Waals surface area contributed by atoms with Crippen LogP contribution in [-0.2, 0) is 0 Å². The summed E-state index contributed by atoms with van der Waals surface area (Å²) in [6.07, 6.45) is 0. The van der Waals surface area contributed by atoms with Gasteiger partial charge in [0.2, 0.25) is 0 Å². The van der Waals surface area contributed by atoms with E-state index in [1.165, 1.54) is 48.8 Å². The molecule has 2 nitrogen and oxygen atoms in total. The number of nitrogens with zero attached hydrogens (tertiary/aromatic N) is 2. The molecule has 0 saturated heterocycles. The zero-order chi connectivity index (χ0) is 34.4. The van der Waals surface area contributed by atoms with Gasteiger partial charge in [0.25, 0.3) is 0 Å². The van der Waals surface area contributed by atoms with Crippen LogP contribution in [0.15, 0.2) is 194 Å². The van der Waals surface area contributed by atoms with Crippen LogP contribution >= 0.6 is 0 Å². The van der Waals surface area contributed by atoms with Crippen LogP contribution in [0.3, 0.4) is 0 Å². The lowest BCUT2D eigenvalue weighted by Gasteiger charge is -2.18. The molecular formula is C50H32N2. The number of hydrogen-bond acceptors (Lipinski definition) is 2. The van der Waals surface area contributed by atoms with Crippen molar-refractivity contribution in [2.24, 2.45) is 0 Å². The summed E-state index contributed by atoms with van der Waals surface area (Å²) < 4.78 is 0. The zero-order valence-corrected chi connectivity index (χ0v) is 28.4. The Morgan fingerprint density at radius 3 is 1.56 bits per heavy atom. The van der Waals surface area contributed by atoms with E-state index in [2.05, 4.69) is 176 Å². The number of benzene rings is 9. The third kappa shape index (κ3) is 5.04. The topological polar surface area (TPSA) is 25.8 Å². The molecule has 2 heteroatoms. The van der Waals surface area contributed by atoms with Crippen molar-refractivity contribution in [1.29, 1.82) is 0 Å². The molecule has 1 aromatic heterocycles. The Bertz CT molecular complexity index is 2950.